The van der Waals surface area contributed by atoms with Gasteiger partial charge in [0.2, 0.25) is 4.96 Å². The third kappa shape index (κ3) is 3.58. The van der Waals surface area contributed by atoms with E-state index in [1.165, 1.54) is 30.3 Å². The average molecular weight is 472 g/mol. The molecule has 7 nitrogen and oxygen atoms in total. The molecule has 29 heavy (non-hydrogen) atoms. The molecule has 0 aliphatic rings. The predicted octanol–water partition coefficient (Wildman–Crippen LogP) is 4.37. The molecule has 0 aliphatic carbocycles. The highest BCUT2D eigenvalue weighted by Gasteiger charge is 2.17. The van der Waals surface area contributed by atoms with Gasteiger partial charge in [-0.2, -0.15) is 9.50 Å². The summed E-state index contributed by atoms with van der Waals surface area (Å²) in [5.74, 6) is -0.630. The second-order valence-electron chi connectivity index (χ2n) is 5.75. The molecule has 146 valence electrons. The molecular formula is C17H6Cl3FN4O3S. The Morgan fingerprint density at radius 3 is 2.59 bits per heavy atom. The zero-order chi connectivity index (χ0) is 20.9. The van der Waals surface area contributed by atoms with Crippen molar-refractivity contribution in [3.05, 3.63) is 81.8 Å². The first-order valence-electron chi connectivity index (χ1n) is 7.75. The molecular weight excluding hydrogens is 466 g/mol. The number of aromatic nitrogens is 3. The molecule has 2 heterocycles. The van der Waals surface area contributed by atoms with E-state index in [0.29, 0.717) is 5.56 Å². The Hall–Kier alpha value is -2.59. The van der Waals surface area contributed by atoms with Gasteiger partial charge in [-0.3, -0.25) is 14.9 Å². The molecule has 0 spiro atoms. The first kappa shape index (κ1) is 19.7. The van der Waals surface area contributed by atoms with Crippen LogP contribution in [-0.2, 0) is 0 Å². The van der Waals surface area contributed by atoms with E-state index in [0.717, 1.165) is 21.9 Å². The van der Waals surface area contributed by atoms with Crippen LogP contribution in [0.3, 0.4) is 0 Å². The van der Waals surface area contributed by atoms with E-state index in [9.17, 15) is 19.3 Å². The number of nitrogens with zero attached hydrogens (tertiary/aromatic N) is 4. The Bertz CT molecular complexity index is 1420. The summed E-state index contributed by atoms with van der Waals surface area (Å²) in [6.07, 6.45) is 1.42. The molecule has 4 rings (SSSR count). The van der Waals surface area contributed by atoms with Gasteiger partial charge >= 0.3 is 0 Å². The number of benzene rings is 2. The van der Waals surface area contributed by atoms with Crippen LogP contribution in [0.1, 0.15) is 5.56 Å². The van der Waals surface area contributed by atoms with Crippen molar-refractivity contribution in [2.75, 3.05) is 0 Å². The summed E-state index contributed by atoms with van der Waals surface area (Å²) in [5.41, 5.74) is -0.159. The molecule has 0 bridgehead atoms. The predicted molar refractivity (Wildman–Crippen MR) is 109 cm³/mol. The molecule has 0 saturated carbocycles. The van der Waals surface area contributed by atoms with Crippen molar-refractivity contribution >= 4 is 62.9 Å². The van der Waals surface area contributed by atoms with Crippen LogP contribution in [0, 0.1) is 15.9 Å². The van der Waals surface area contributed by atoms with Gasteiger partial charge < -0.3 is 0 Å². The van der Waals surface area contributed by atoms with Crippen LogP contribution in [0.5, 0.6) is 0 Å². The number of fused-ring (bicyclic) bond motifs is 1. The normalized spacial score (nSPS) is 12.1. The molecule has 0 aliphatic heterocycles. The maximum Gasteiger partial charge on any atom is 0.291 e. The molecule has 4 aromatic rings. The summed E-state index contributed by atoms with van der Waals surface area (Å²) in [5, 5.41) is 15.3. The summed E-state index contributed by atoms with van der Waals surface area (Å²) >= 11 is 18.8. The highest BCUT2D eigenvalue weighted by Crippen LogP contribution is 2.30. The molecule has 0 fully saturated rings. The van der Waals surface area contributed by atoms with E-state index in [2.05, 4.69) is 10.1 Å². The van der Waals surface area contributed by atoms with E-state index in [1.54, 1.807) is 0 Å². The smallest absolute Gasteiger partial charge is 0.266 e. The molecule has 0 atom stereocenters. The van der Waals surface area contributed by atoms with Crippen molar-refractivity contribution in [2.45, 2.75) is 0 Å². The lowest BCUT2D eigenvalue weighted by Gasteiger charge is -2.01. The van der Waals surface area contributed by atoms with E-state index in [1.807, 2.05) is 0 Å². The summed E-state index contributed by atoms with van der Waals surface area (Å²) in [6, 6.07) is 6.22. The minimum absolute atomic E-state index is 0.0637. The highest BCUT2D eigenvalue weighted by atomic mass is 35.5. The van der Waals surface area contributed by atoms with Crippen LogP contribution >= 0.6 is 46.1 Å². The van der Waals surface area contributed by atoms with Gasteiger partial charge in [0.25, 0.3) is 11.2 Å². The van der Waals surface area contributed by atoms with Gasteiger partial charge in [-0.15, -0.1) is 5.10 Å². The van der Waals surface area contributed by atoms with Gasteiger partial charge in [-0.25, -0.2) is 4.39 Å². The fourth-order valence-electron chi connectivity index (χ4n) is 2.54. The van der Waals surface area contributed by atoms with Crippen molar-refractivity contribution in [2.24, 2.45) is 0 Å². The van der Waals surface area contributed by atoms with E-state index < -0.39 is 16.3 Å². The second-order valence-corrected chi connectivity index (χ2v) is 7.99. The molecule has 0 saturated heterocycles. The lowest BCUT2D eigenvalue weighted by Crippen LogP contribution is -2.23. The van der Waals surface area contributed by atoms with Gasteiger partial charge in [0.1, 0.15) is 5.82 Å². The Morgan fingerprint density at radius 2 is 1.90 bits per heavy atom. The lowest BCUT2D eigenvalue weighted by molar-refractivity contribution is -0.384. The van der Waals surface area contributed by atoms with Crippen molar-refractivity contribution < 1.29 is 9.31 Å². The van der Waals surface area contributed by atoms with E-state index >= 15 is 0 Å². The molecule has 2 aromatic carbocycles. The largest absolute Gasteiger partial charge is 0.291 e. The number of non-ortho nitro benzene ring substituents is 1. The van der Waals surface area contributed by atoms with Gasteiger partial charge in [-0.05, 0) is 24.3 Å². The van der Waals surface area contributed by atoms with Crippen molar-refractivity contribution in [3.63, 3.8) is 0 Å². The van der Waals surface area contributed by atoms with Crippen LogP contribution < -0.4 is 10.1 Å². The topological polar surface area (TPSA) is 90.4 Å². The molecule has 12 heteroatoms. The third-order valence-electron chi connectivity index (χ3n) is 3.91. The number of nitro benzene ring substituents is 1. The monoisotopic (exact) mass is 470 g/mol. The van der Waals surface area contributed by atoms with Gasteiger partial charge in [-0.1, -0.05) is 46.1 Å². The number of hydrogen-bond acceptors (Lipinski definition) is 6. The second kappa shape index (κ2) is 7.34. The fraction of sp³-hybridized carbons (Fsp3) is 0. The SMILES string of the molecule is O=c1/c(=C/c2cc([N+](=O)[O-])ccc2Cl)sc2nc(-c3cc(F)c(Cl)cc3Cl)nn12. The number of nitro groups is 1. The van der Waals surface area contributed by atoms with Crippen LogP contribution in [0.2, 0.25) is 15.1 Å². The Morgan fingerprint density at radius 1 is 1.14 bits per heavy atom. The molecule has 0 unspecified atom stereocenters. The third-order valence-corrected chi connectivity index (χ3v) is 5.82. The maximum absolute atomic E-state index is 13.8. The van der Waals surface area contributed by atoms with Crippen molar-refractivity contribution in [1.29, 1.82) is 0 Å². The summed E-state index contributed by atoms with van der Waals surface area (Å²) in [6.45, 7) is 0. The average Bonchev–Trinajstić information content (AvgIpc) is 3.19. The Kier molecular flexibility index (Phi) is 4.99. The first-order valence-corrected chi connectivity index (χ1v) is 9.70. The number of hydrogen-bond donors (Lipinski definition) is 0. The molecule has 0 N–H and O–H groups in total. The number of halogens is 4. The maximum atomic E-state index is 13.8. The highest BCUT2D eigenvalue weighted by molar-refractivity contribution is 7.15. The fourth-order valence-corrected chi connectivity index (χ4v) is 4.08. The van der Waals surface area contributed by atoms with Crippen molar-refractivity contribution in [1.82, 2.24) is 14.6 Å². The minimum atomic E-state index is -0.694. The Labute approximate surface area is 179 Å². The Balaban J connectivity index is 1.84. The summed E-state index contributed by atoms with van der Waals surface area (Å²) in [4.78, 5) is 27.5. The molecule has 0 amide bonds. The minimum Gasteiger partial charge on any atom is -0.266 e. The van der Waals surface area contributed by atoms with Crippen LogP contribution in [-0.4, -0.2) is 19.5 Å². The molecule has 0 radical (unpaired) electrons. The summed E-state index contributed by atoms with van der Waals surface area (Å²) in [7, 11) is 0. The quantitative estimate of drug-likeness (QED) is 0.251. The van der Waals surface area contributed by atoms with Crippen molar-refractivity contribution in [3.8, 4) is 11.4 Å². The zero-order valence-corrected chi connectivity index (χ0v) is 17.0. The first-order chi connectivity index (χ1) is 13.7. The van der Waals surface area contributed by atoms with Crippen LogP contribution in [0.4, 0.5) is 10.1 Å². The molecule has 2 aromatic heterocycles. The van der Waals surface area contributed by atoms with E-state index in [4.69, 9.17) is 34.8 Å². The lowest BCUT2D eigenvalue weighted by atomic mass is 10.2. The van der Waals surface area contributed by atoms with Gasteiger partial charge in [0.05, 0.1) is 19.5 Å². The summed E-state index contributed by atoms with van der Waals surface area (Å²) < 4.78 is 15.0. The van der Waals surface area contributed by atoms with Crippen LogP contribution in [0.25, 0.3) is 22.4 Å². The zero-order valence-electron chi connectivity index (χ0n) is 13.9. The van der Waals surface area contributed by atoms with Gasteiger partial charge in [0.15, 0.2) is 5.82 Å². The standard InChI is InChI=1S/C17H6Cl3FN4O3S/c18-10-2-1-8(25(27)28)3-7(10)4-14-16(26)24-17(29-14)22-15(23-24)9-5-13(21)12(20)6-11(9)19/h1-6H/b14-4-. The van der Waals surface area contributed by atoms with Crippen LogP contribution in [0.15, 0.2) is 35.1 Å². The number of rotatable bonds is 3. The number of thiazole rings is 1. The van der Waals surface area contributed by atoms with Gasteiger partial charge in [0, 0.05) is 28.3 Å². The van der Waals surface area contributed by atoms with E-state index in [-0.39, 0.29) is 41.6 Å².